The van der Waals surface area contributed by atoms with E-state index in [-0.39, 0.29) is 16.2 Å². The average Bonchev–Trinajstić information content (AvgIpc) is 3.31. The molecule has 2 aromatic carbocycles. The van der Waals surface area contributed by atoms with E-state index in [0.717, 1.165) is 0 Å². The molecule has 0 aliphatic heterocycles. The number of halogens is 2. The third kappa shape index (κ3) is 3.39. The van der Waals surface area contributed by atoms with Crippen molar-refractivity contribution in [3.05, 3.63) is 53.1 Å². The van der Waals surface area contributed by atoms with E-state index in [1.807, 2.05) is 0 Å². The van der Waals surface area contributed by atoms with E-state index in [2.05, 4.69) is 4.72 Å². The number of aryl methyl sites for hydroxylation is 1. The molecule has 2 aromatic rings. The van der Waals surface area contributed by atoms with Crippen LogP contribution in [-0.4, -0.2) is 28.7 Å². The molecule has 1 saturated carbocycles. The Morgan fingerprint density at radius 2 is 1.65 bits per heavy atom. The Bertz CT molecular complexity index is 926. The molecule has 1 fully saturated rings. The number of hydrogen-bond donors (Lipinski definition) is 1. The van der Waals surface area contributed by atoms with Gasteiger partial charge in [-0.05, 0) is 37.1 Å². The minimum absolute atomic E-state index is 0.0369. The van der Waals surface area contributed by atoms with Gasteiger partial charge < -0.3 is 9.47 Å². The van der Waals surface area contributed by atoms with Crippen LogP contribution in [0.4, 0.5) is 8.78 Å². The Labute approximate surface area is 151 Å². The molecular formula is C18H19F2NO4S. The van der Waals surface area contributed by atoms with Crippen LogP contribution < -0.4 is 14.2 Å². The van der Waals surface area contributed by atoms with Crippen LogP contribution >= 0.6 is 0 Å². The van der Waals surface area contributed by atoms with Crippen molar-refractivity contribution in [3.63, 3.8) is 0 Å². The van der Waals surface area contributed by atoms with Crippen LogP contribution in [0.25, 0.3) is 0 Å². The number of hydrogen-bond acceptors (Lipinski definition) is 4. The standard InChI is InChI=1S/C18H19F2NO4S/c1-10-7-15(24-2)16(25-3)9-17(10)26(22,23)21-14-8-11(14)18-12(19)5-4-6-13(18)20/h4-7,9,11,14,21H,8H2,1-3H3/t11-,14-/m1/s1. The molecule has 0 unspecified atom stereocenters. The van der Waals surface area contributed by atoms with E-state index in [1.54, 1.807) is 13.0 Å². The van der Waals surface area contributed by atoms with Crippen LogP contribution in [0.2, 0.25) is 0 Å². The van der Waals surface area contributed by atoms with Gasteiger partial charge >= 0.3 is 0 Å². The van der Waals surface area contributed by atoms with Gasteiger partial charge in [-0.15, -0.1) is 0 Å². The van der Waals surface area contributed by atoms with E-state index >= 15 is 0 Å². The van der Waals surface area contributed by atoms with Crippen molar-refractivity contribution in [2.75, 3.05) is 14.2 Å². The minimum Gasteiger partial charge on any atom is -0.493 e. The van der Waals surface area contributed by atoms with E-state index in [4.69, 9.17) is 9.47 Å². The number of nitrogens with one attached hydrogen (secondary N) is 1. The highest BCUT2D eigenvalue weighted by Gasteiger charge is 2.44. The molecule has 0 saturated heterocycles. The Hall–Kier alpha value is -2.19. The fourth-order valence-corrected chi connectivity index (χ4v) is 4.55. The maximum Gasteiger partial charge on any atom is 0.241 e. The fraction of sp³-hybridized carbons (Fsp3) is 0.333. The molecular weight excluding hydrogens is 364 g/mol. The lowest BCUT2D eigenvalue weighted by Gasteiger charge is -2.14. The van der Waals surface area contributed by atoms with Crippen molar-refractivity contribution < 1.29 is 26.7 Å². The lowest BCUT2D eigenvalue weighted by molar-refractivity contribution is 0.353. The lowest BCUT2D eigenvalue weighted by Crippen LogP contribution is -2.27. The molecule has 0 spiro atoms. The Morgan fingerprint density at radius 1 is 1.08 bits per heavy atom. The summed E-state index contributed by atoms with van der Waals surface area (Å²) in [6, 6.07) is 6.00. The molecule has 0 heterocycles. The number of benzene rings is 2. The van der Waals surface area contributed by atoms with Crippen LogP contribution in [0.1, 0.15) is 23.5 Å². The Kier molecular flexibility index (Phi) is 4.90. The van der Waals surface area contributed by atoms with Crippen LogP contribution in [0.5, 0.6) is 11.5 Å². The molecule has 5 nitrogen and oxygen atoms in total. The van der Waals surface area contributed by atoms with Gasteiger partial charge in [0.2, 0.25) is 10.0 Å². The molecule has 26 heavy (non-hydrogen) atoms. The topological polar surface area (TPSA) is 64.6 Å². The molecule has 0 bridgehead atoms. The van der Waals surface area contributed by atoms with Gasteiger partial charge in [-0.1, -0.05) is 6.07 Å². The van der Waals surface area contributed by atoms with Gasteiger partial charge in [0.15, 0.2) is 11.5 Å². The van der Waals surface area contributed by atoms with E-state index in [1.165, 1.54) is 38.5 Å². The van der Waals surface area contributed by atoms with Gasteiger partial charge in [0.1, 0.15) is 11.6 Å². The fourth-order valence-electron chi connectivity index (χ4n) is 3.02. The van der Waals surface area contributed by atoms with E-state index in [0.29, 0.717) is 17.7 Å². The predicted molar refractivity (Wildman–Crippen MR) is 92.1 cm³/mol. The summed E-state index contributed by atoms with van der Waals surface area (Å²) in [5, 5.41) is 0. The molecule has 0 radical (unpaired) electrons. The number of sulfonamides is 1. The van der Waals surface area contributed by atoms with Crippen molar-refractivity contribution in [1.82, 2.24) is 4.72 Å². The first-order chi connectivity index (χ1) is 12.3. The minimum atomic E-state index is -3.88. The molecule has 1 aliphatic carbocycles. The average molecular weight is 383 g/mol. The summed E-state index contributed by atoms with van der Waals surface area (Å²) in [6.45, 7) is 1.64. The molecule has 8 heteroatoms. The highest BCUT2D eigenvalue weighted by atomic mass is 32.2. The van der Waals surface area contributed by atoms with Crippen molar-refractivity contribution in [2.45, 2.75) is 30.2 Å². The Morgan fingerprint density at radius 3 is 2.23 bits per heavy atom. The zero-order chi connectivity index (χ0) is 19.1. The quantitative estimate of drug-likeness (QED) is 0.833. The van der Waals surface area contributed by atoms with Gasteiger partial charge in [-0.25, -0.2) is 21.9 Å². The predicted octanol–water partition coefficient (Wildman–Crippen LogP) is 3.12. The molecule has 3 rings (SSSR count). The summed E-state index contributed by atoms with van der Waals surface area (Å²) in [5.74, 6) is -1.16. The first kappa shape index (κ1) is 18.6. The lowest BCUT2D eigenvalue weighted by atomic mass is 10.1. The van der Waals surface area contributed by atoms with Crippen molar-refractivity contribution >= 4 is 10.0 Å². The normalized spacial score (nSPS) is 19.3. The summed E-state index contributed by atoms with van der Waals surface area (Å²) < 4.78 is 66.0. The number of ether oxygens (including phenoxy) is 2. The zero-order valence-electron chi connectivity index (χ0n) is 14.5. The van der Waals surface area contributed by atoms with E-state index in [9.17, 15) is 17.2 Å². The van der Waals surface area contributed by atoms with E-state index < -0.39 is 33.6 Å². The number of methoxy groups -OCH3 is 2. The second-order valence-electron chi connectivity index (χ2n) is 6.18. The molecule has 1 aliphatic rings. The maximum atomic E-state index is 13.9. The summed E-state index contributed by atoms with van der Waals surface area (Å²) in [5.41, 5.74) is 0.397. The highest BCUT2D eigenvalue weighted by molar-refractivity contribution is 7.89. The molecule has 1 N–H and O–H groups in total. The van der Waals surface area contributed by atoms with Crippen molar-refractivity contribution in [3.8, 4) is 11.5 Å². The zero-order valence-corrected chi connectivity index (χ0v) is 15.4. The second-order valence-corrected chi connectivity index (χ2v) is 7.86. The monoisotopic (exact) mass is 383 g/mol. The maximum absolute atomic E-state index is 13.9. The van der Waals surface area contributed by atoms with Gasteiger partial charge in [-0.2, -0.15) is 0 Å². The first-order valence-corrected chi connectivity index (χ1v) is 9.45. The molecule has 0 amide bonds. The smallest absolute Gasteiger partial charge is 0.241 e. The van der Waals surface area contributed by atoms with Gasteiger partial charge in [0, 0.05) is 23.6 Å². The Balaban J connectivity index is 1.85. The van der Waals surface area contributed by atoms with Gasteiger partial charge in [0.05, 0.1) is 19.1 Å². The second kappa shape index (κ2) is 6.85. The summed E-state index contributed by atoms with van der Waals surface area (Å²) in [4.78, 5) is 0.0369. The third-order valence-corrected chi connectivity index (χ3v) is 6.07. The van der Waals surface area contributed by atoms with Gasteiger partial charge in [-0.3, -0.25) is 0 Å². The molecule has 140 valence electrons. The largest absolute Gasteiger partial charge is 0.493 e. The van der Waals surface area contributed by atoms with Crippen molar-refractivity contribution in [1.29, 1.82) is 0 Å². The van der Waals surface area contributed by atoms with Crippen LogP contribution in [0.3, 0.4) is 0 Å². The molecule has 0 aromatic heterocycles. The summed E-state index contributed by atoms with van der Waals surface area (Å²) >= 11 is 0. The molecule has 2 atom stereocenters. The van der Waals surface area contributed by atoms with Crippen molar-refractivity contribution in [2.24, 2.45) is 0 Å². The van der Waals surface area contributed by atoms with Gasteiger partial charge in [0.25, 0.3) is 0 Å². The highest BCUT2D eigenvalue weighted by Crippen LogP contribution is 2.44. The summed E-state index contributed by atoms with van der Waals surface area (Å²) in [6.07, 6.45) is 0.337. The van der Waals surface area contributed by atoms with Crippen LogP contribution in [-0.2, 0) is 10.0 Å². The van der Waals surface area contributed by atoms with Crippen LogP contribution in [0, 0.1) is 18.6 Å². The summed E-state index contributed by atoms with van der Waals surface area (Å²) in [7, 11) is -1.01. The SMILES string of the molecule is COc1cc(C)c(S(=O)(=O)N[C@@H]2C[C@H]2c2c(F)cccc2F)cc1OC. The van der Waals surface area contributed by atoms with Crippen LogP contribution in [0.15, 0.2) is 35.2 Å². The number of rotatable bonds is 6. The first-order valence-electron chi connectivity index (χ1n) is 7.97. The third-order valence-electron chi connectivity index (χ3n) is 4.44.